The zero-order chi connectivity index (χ0) is 16.4. The summed E-state index contributed by atoms with van der Waals surface area (Å²) in [6.45, 7) is -0.661. The van der Waals surface area contributed by atoms with E-state index >= 15 is 0 Å². The SMILES string of the molecule is CSCCC(NC(=O)C(CO)NC(=O)C(N)CS)C(=O)O. The average Bonchev–Trinajstić information content (AvgIpc) is 2.46. The maximum Gasteiger partial charge on any atom is 0.326 e. The number of amides is 2. The van der Waals surface area contributed by atoms with Gasteiger partial charge in [0.25, 0.3) is 0 Å². The summed E-state index contributed by atoms with van der Waals surface area (Å²) in [6.07, 6.45) is 2.06. The molecule has 0 aliphatic heterocycles. The Bertz CT molecular complexity index is 370. The van der Waals surface area contributed by atoms with Crippen LogP contribution in [-0.2, 0) is 14.4 Å². The summed E-state index contributed by atoms with van der Waals surface area (Å²) in [5.41, 5.74) is 5.44. The predicted molar refractivity (Wildman–Crippen MR) is 83.4 cm³/mol. The summed E-state index contributed by atoms with van der Waals surface area (Å²) in [4.78, 5) is 34.5. The summed E-state index contributed by atoms with van der Waals surface area (Å²) in [6, 6.07) is -3.24. The van der Waals surface area contributed by atoms with Crippen LogP contribution in [0.15, 0.2) is 0 Å². The molecule has 0 bridgehead atoms. The van der Waals surface area contributed by atoms with E-state index in [1.54, 1.807) is 0 Å². The van der Waals surface area contributed by atoms with Crippen molar-refractivity contribution in [3.63, 3.8) is 0 Å². The van der Waals surface area contributed by atoms with E-state index in [1.807, 2.05) is 6.26 Å². The molecule has 3 unspecified atom stereocenters. The molecular weight excluding hydrogens is 318 g/mol. The van der Waals surface area contributed by atoms with Crippen LogP contribution in [0.5, 0.6) is 0 Å². The largest absolute Gasteiger partial charge is 0.480 e. The van der Waals surface area contributed by atoms with E-state index in [0.717, 1.165) is 0 Å². The number of aliphatic carboxylic acids is 1. The molecule has 0 spiro atoms. The van der Waals surface area contributed by atoms with Gasteiger partial charge in [-0.2, -0.15) is 24.4 Å². The molecule has 0 aliphatic carbocycles. The molecular formula is C11H21N3O5S2. The summed E-state index contributed by atoms with van der Waals surface area (Å²) in [5.74, 6) is -1.96. The second-order valence-corrected chi connectivity index (χ2v) is 5.56. The fourth-order valence-corrected chi connectivity index (χ4v) is 1.96. The second kappa shape index (κ2) is 10.7. The van der Waals surface area contributed by atoms with Crippen molar-refractivity contribution in [3.8, 4) is 0 Å². The van der Waals surface area contributed by atoms with Gasteiger partial charge in [0, 0.05) is 5.75 Å². The molecule has 2 amide bonds. The van der Waals surface area contributed by atoms with E-state index in [9.17, 15) is 14.4 Å². The van der Waals surface area contributed by atoms with Crippen LogP contribution in [0.1, 0.15) is 6.42 Å². The van der Waals surface area contributed by atoms with Gasteiger partial charge in [-0.15, -0.1) is 0 Å². The van der Waals surface area contributed by atoms with Gasteiger partial charge in [0.2, 0.25) is 11.8 Å². The van der Waals surface area contributed by atoms with Crippen molar-refractivity contribution in [3.05, 3.63) is 0 Å². The first-order valence-corrected chi connectivity index (χ1v) is 8.19. The summed E-state index contributed by atoms with van der Waals surface area (Å²) < 4.78 is 0. The molecule has 6 N–H and O–H groups in total. The fraction of sp³-hybridized carbons (Fsp3) is 0.727. The summed E-state index contributed by atoms with van der Waals surface area (Å²) >= 11 is 5.30. The highest BCUT2D eigenvalue weighted by atomic mass is 32.2. The van der Waals surface area contributed by atoms with Gasteiger partial charge in [0.15, 0.2) is 0 Å². The lowest BCUT2D eigenvalue weighted by molar-refractivity contribution is -0.142. The zero-order valence-corrected chi connectivity index (χ0v) is 13.3. The van der Waals surface area contributed by atoms with Gasteiger partial charge >= 0.3 is 5.97 Å². The van der Waals surface area contributed by atoms with Gasteiger partial charge < -0.3 is 26.6 Å². The Morgan fingerprint density at radius 3 is 2.24 bits per heavy atom. The molecule has 0 saturated carbocycles. The predicted octanol–water partition coefficient (Wildman–Crippen LogP) is -1.96. The first-order chi connectivity index (χ1) is 9.87. The van der Waals surface area contributed by atoms with Crippen molar-refractivity contribution in [1.29, 1.82) is 0 Å². The van der Waals surface area contributed by atoms with Crippen LogP contribution in [0.2, 0.25) is 0 Å². The number of nitrogens with two attached hydrogens (primary N) is 1. The minimum atomic E-state index is -1.25. The van der Waals surface area contributed by atoms with Crippen molar-refractivity contribution in [2.45, 2.75) is 24.5 Å². The quantitative estimate of drug-likeness (QED) is 0.254. The van der Waals surface area contributed by atoms with Gasteiger partial charge in [-0.1, -0.05) is 0 Å². The second-order valence-electron chi connectivity index (χ2n) is 4.21. The minimum Gasteiger partial charge on any atom is -0.480 e. The van der Waals surface area contributed by atoms with E-state index in [0.29, 0.717) is 5.75 Å². The summed E-state index contributed by atoms with van der Waals surface area (Å²) in [5, 5.41) is 22.7. The van der Waals surface area contributed by atoms with E-state index in [4.69, 9.17) is 15.9 Å². The van der Waals surface area contributed by atoms with E-state index in [1.165, 1.54) is 11.8 Å². The Hall–Kier alpha value is -0.970. The molecule has 3 atom stereocenters. The topological polar surface area (TPSA) is 142 Å². The lowest BCUT2D eigenvalue weighted by atomic mass is 10.2. The first-order valence-electron chi connectivity index (χ1n) is 6.17. The number of hydrogen-bond acceptors (Lipinski definition) is 7. The van der Waals surface area contributed by atoms with Crippen molar-refractivity contribution >= 4 is 42.2 Å². The average molecular weight is 339 g/mol. The van der Waals surface area contributed by atoms with Crippen molar-refractivity contribution in [2.24, 2.45) is 5.73 Å². The molecule has 0 aromatic rings. The number of thiol groups is 1. The standard InChI is InChI=1S/C11H21N3O5S2/c1-21-3-2-7(11(18)19)13-10(17)8(4-15)14-9(16)6(12)5-20/h6-8,15,20H,2-5,12H2,1H3,(H,13,17)(H,14,16)(H,18,19). The molecule has 0 rings (SSSR count). The maximum absolute atomic E-state index is 11.9. The number of hydrogen-bond donors (Lipinski definition) is 6. The van der Waals surface area contributed by atoms with Gasteiger partial charge in [-0.25, -0.2) is 4.79 Å². The number of thioether (sulfide) groups is 1. The molecule has 0 radical (unpaired) electrons. The third-order valence-electron chi connectivity index (χ3n) is 2.57. The van der Waals surface area contributed by atoms with Crippen LogP contribution in [0.4, 0.5) is 0 Å². The highest BCUT2D eigenvalue weighted by Crippen LogP contribution is 2.01. The van der Waals surface area contributed by atoms with Crippen molar-refractivity contribution < 1.29 is 24.6 Å². The molecule has 0 heterocycles. The van der Waals surface area contributed by atoms with Crippen LogP contribution >= 0.6 is 24.4 Å². The molecule has 0 aromatic carbocycles. The minimum absolute atomic E-state index is 0.0804. The van der Waals surface area contributed by atoms with E-state index in [2.05, 4.69) is 23.3 Å². The number of aliphatic hydroxyl groups excluding tert-OH is 1. The molecule has 0 aromatic heterocycles. The summed E-state index contributed by atoms with van der Waals surface area (Å²) in [7, 11) is 0. The normalized spacial score (nSPS) is 14.9. The zero-order valence-electron chi connectivity index (χ0n) is 11.6. The Morgan fingerprint density at radius 2 is 1.81 bits per heavy atom. The number of aliphatic hydroxyl groups is 1. The van der Waals surface area contributed by atoms with E-state index < -0.39 is 42.5 Å². The molecule has 0 saturated heterocycles. The maximum atomic E-state index is 11.9. The van der Waals surface area contributed by atoms with Crippen LogP contribution < -0.4 is 16.4 Å². The molecule has 122 valence electrons. The molecule has 0 fully saturated rings. The number of carboxylic acids is 1. The lowest BCUT2D eigenvalue weighted by Gasteiger charge is -2.21. The lowest BCUT2D eigenvalue weighted by Crippen LogP contribution is -2.56. The number of carbonyl (C=O) groups excluding carboxylic acids is 2. The first kappa shape index (κ1) is 20.0. The molecule has 8 nitrogen and oxygen atoms in total. The van der Waals surface area contributed by atoms with Gasteiger partial charge in [-0.3, -0.25) is 9.59 Å². The molecule has 10 heteroatoms. The number of nitrogens with one attached hydrogen (secondary N) is 2. The van der Waals surface area contributed by atoms with Gasteiger partial charge in [0.1, 0.15) is 12.1 Å². The number of rotatable bonds is 10. The van der Waals surface area contributed by atoms with Crippen molar-refractivity contribution in [2.75, 3.05) is 24.4 Å². The van der Waals surface area contributed by atoms with Crippen LogP contribution in [0, 0.1) is 0 Å². The Kier molecular flexibility index (Phi) is 10.2. The fourth-order valence-electron chi connectivity index (χ4n) is 1.32. The third-order valence-corrected chi connectivity index (χ3v) is 3.61. The highest BCUT2D eigenvalue weighted by Gasteiger charge is 2.26. The Labute approximate surface area is 132 Å². The van der Waals surface area contributed by atoms with E-state index in [-0.39, 0.29) is 12.2 Å². The van der Waals surface area contributed by atoms with Gasteiger partial charge in [-0.05, 0) is 18.4 Å². The van der Waals surface area contributed by atoms with Crippen LogP contribution in [0.25, 0.3) is 0 Å². The third kappa shape index (κ3) is 7.55. The van der Waals surface area contributed by atoms with Crippen LogP contribution in [0.3, 0.4) is 0 Å². The smallest absolute Gasteiger partial charge is 0.326 e. The highest BCUT2D eigenvalue weighted by molar-refractivity contribution is 7.98. The monoisotopic (exact) mass is 339 g/mol. The van der Waals surface area contributed by atoms with Crippen molar-refractivity contribution in [1.82, 2.24) is 10.6 Å². The molecule has 0 aliphatic rings. The number of carbonyl (C=O) groups is 3. The Balaban J connectivity index is 4.62. The Morgan fingerprint density at radius 1 is 1.24 bits per heavy atom. The number of carboxylic acid groups (broad SMARTS) is 1. The van der Waals surface area contributed by atoms with Gasteiger partial charge in [0.05, 0.1) is 12.6 Å². The molecule has 21 heavy (non-hydrogen) atoms. The van der Waals surface area contributed by atoms with Crippen LogP contribution in [-0.4, -0.2) is 70.5 Å².